The highest BCUT2D eigenvalue weighted by molar-refractivity contribution is 5.86. The third-order valence-electron chi connectivity index (χ3n) is 3.10. The van der Waals surface area contributed by atoms with E-state index in [4.69, 9.17) is 5.11 Å². The molecule has 0 amide bonds. The maximum atomic E-state index is 12.7. The van der Waals surface area contributed by atoms with Crippen LogP contribution in [0.15, 0.2) is 54.6 Å². The molecule has 0 radical (unpaired) electrons. The van der Waals surface area contributed by atoms with Crippen LogP contribution in [-0.4, -0.2) is 11.1 Å². The van der Waals surface area contributed by atoms with Crippen LogP contribution in [0.4, 0.5) is 18.9 Å². The molecular formula is C17H14F3NO2. The van der Waals surface area contributed by atoms with Gasteiger partial charge < -0.3 is 10.4 Å². The zero-order chi connectivity index (χ0) is 16.9. The molecule has 6 heteroatoms. The number of carbonyl (C=O) groups is 1. The lowest BCUT2D eigenvalue weighted by Crippen LogP contribution is -2.07. The van der Waals surface area contributed by atoms with E-state index in [9.17, 15) is 18.0 Å². The quantitative estimate of drug-likeness (QED) is 0.802. The number of halogens is 3. The molecule has 2 aromatic rings. The van der Waals surface area contributed by atoms with Gasteiger partial charge in [0.1, 0.15) is 0 Å². The number of carboxylic acid groups (broad SMARTS) is 1. The molecule has 0 fully saturated rings. The van der Waals surface area contributed by atoms with Crippen molar-refractivity contribution in [1.29, 1.82) is 0 Å². The lowest BCUT2D eigenvalue weighted by Gasteiger charge is -2.12. The van der Waals surface area contributed by atoms with Crippen LogP contribution in [0.25, 0.3) is 6.08 Å². The number of carboxylic acids is 1. The molecular weight excluding hydrogens is 307 g/mol. The van der Waals surface area contributed by atoms with Crippen molar-refractivity contribution in [3.05, 3.63) is 71.3 Å². The molecule has 0 aromatic heterocycles. The minimum absolute atomic E-state index is 0.196. The van der Waals surface area contributed by atoms with Gasteiger partial charge in [-0.1, -0.05) is 30.3 Å². The fourth-order valence-electron chi connectivity index (χ4n) is 2.02. The predicted octanol–water partition coefficient (Wildman–Crippen LogP) is 4.42. The van der Waals surface area contributed by atoms with Gasteiger partial charge in [-0.3, -0.25) is 0 Å². The molecule has 23 heavy (non-hydrogen) atoms. The van der Waals surface area contributed by atoms with Crippen LogP contribution < -0.4 is 5.32 Å². The molecule has 0 saturated carbocycles. The van der Waals surface area contributed by atoms with Gasteiger partial charge in [0.05, 0.1) is 5.56 Å². The summed E-state index contributed by atoms with van der Waals surface area (Å²) < 4.78 is 38.1. The van der Waals surface area contributed by atoms with Gasteiger partial charge in [0.15, 0.2) is 0 Å². The van der Waals surface area contributed by atoms with Crippen LogP contribution in [0.3, 0.4) is 0 Å². The van der Waals surface area contributed by atoms with Crippen LogP contribution in [0.2, 0.25) is 0 Å². The molecule has 0 unspecified atom stereocenters. The maximum absolute atomic E-state index is 12.7. The summed E-state index contributed by atoms with van der Waals surface area (Å²) in [4.78, 5) is 10.6. The number of benzene rings is 2. The van der Waals surface area contributed by atoms with Crippen molar-refractivity contribution in [2.75, 3.05) is 5.32 Å². The fraction of sp³-hybridized carbons (Fsp3) is 0.118. The Labute approximate surface area is 131 Å². The molecule has 0 saturated heterocycles. The molecule has 3 nitrogen and oxygen atoms in total. The number of hydrogen-bond donors (Lipinski definition) is 2. The summed E-state index contributed by atoms with van der Waals surface area (Å²) in [5, 5.41) is 11.7. The van der Waals surface area contributed by atoms with Crippen molar-refractivity contribution in [2.45, 2.75) is 12.7 Å². The summed E-state index contributed by atoms with van der Waals surface area (Å²) in [6, 6.07) is 12.0. The molecule has 0 atom stereocenters. The van der Waals surface area contributed by atoms with E-state index in [0.29, 0.717) is 16.8 Å². The summed E-state index contributed by atoms with van der Waals surface area (Å²) in [6.45, 7) is 0.196. The maximum Gasteiger partial charge on any atom is 0.416 e. The summed E-state index contributed by atoms with van der Waals surface area (Å²) in [5.74, 6) is -1.07. The third kappa shape index (κ3) is 4.88. The molecule has 2 N–H and O–H groups in total. The van der Waals surface area contributed by atoms with Gasteiger partial charge >= 0.3 is 12.1 Å². The van der Waals surface area contributed by atoms with Gasteiger partial charge in [-0.25, -0.2) is 4.79 Å². The first kappa shape index (κ1) is 16.6. The molecule has 2 aromatic carbocycles. The summed E-state index contributed by atoms with van der Waals surface area (Å²) in [7, 11) is 0. The molecule has 0 aliphatic heterocycles. The van der Waals surface area contributed by atoms with E-state index in [1.807, 2.05) is 0 Å². The molecule has 0 heterocycles. The van der Waals surface area contributed by atoms with E-state index in [2.05, 4.69) is 5.32 Å². The highest BCUT2D eigenvalue weighted by Crippen LogP contribution is 2.29. The molecule has 0 bridgehead atoms. The SMILES string of the molecule is O=C(O)/C=C/c1ccccc1NCc1cccc(C(F)(F)F)c1. The Balaban J connectivity index is 2.14. The zero-order valence-electron chi connectivity index (χ0n) is 12.0. The Kier molecular flexibility index (Phi) is 5.05. The van der Waals surface area contributed by atoms with Crippen LogP contribution in [-0.2, 0) is 17.5 Å². The van der Waals surface area contributed by atoms with Crippen LogP contribution in [0.5, 0.6) is 0 Å². The second-order valence-corrected chi connectivity index (χ2v) is 4.81. The molecule has 0 spiro atoms. The standard InChI is InChI=1S/C17H14F3NO2/c18-17(19,20)14-6-3-4-12(10-14)11-21-15-7-2-1-5-13(15)8-9-16(22)23/h1-10,21H,11H2,(H,22,23)/b9-8+. The average molecular weight is 321 g/mol. The summed E-state index contributed by atoms with van der Waals surface area (Å²) >= 11 is 0. The summed E-state index contributed by atoms with van der Waals surface area (Å²) in [5.41, 5.74) is 1.07. The molecule has 0 aliphatic rings. The van der Waals surface area contributed by atoms with Crippen LogP contribution in [0.1, 0.15) is 16.7 Å². The first-order chi connectivity index (χ1) is 10.9. The monoisotopic (exact) mass is 321 g/mol. The second kappa shape index (κ2) is 7.00. The largest absolute Gasteiger partial charge is 0.478 e. The Hall–Kier alpha value is -2.76. The zero-order valence-corrected chi connectivity index (χ0v) is 12.0. The van der Waals surface area contributed by atoms with Gasteiger partial charge in [-0.05, 0) is 35.4 Å². The van der Waals surface area contributed by atoms with E-state index in [1.165, 1.54) is 12.1 Å². The van der Waals surface area contributed by atoms with Gasteiger partial charge in [-0.2, -0.15) is 13.2 Å². The van der Waals surface area contributed by atoms with E-state index < -0.39 is 17.7 Å². The molecule has 2 rings (SSSR count). The van der Waals surface area contributed by atoms with Gasteiger partial charge in [0.25, 0.3) is 0 Å². The Bertz CT molecular complexity index is 724. The topological polar surface area (TPSA) is 49.3 Å². The number of nitrogens with one attached hydrogen (secondary N) is 1. The number of hydrogen-bond acceptors (Lipinski definition) is 2. The van der Waals surface area contributed by atoms with Gasteiger partial charge in [0.2, 0.25) is 0 Å². The van der Waals surface area contributed by atoms with Crippen LogP contribution >= 0.6 is 0 Å². The van der Waals surface area contributed by atoms with Crippen molar-refractivity contribution in [3.8, 4) is 0 Å². The predicted molar refractivity (Wildman–Crippen MR) is 81.9 cm³/mol. The van der Waals surface area contributed by atoms with Crippen LogP contribution in [0, 0.1) is 0 Å². The summed E-state index contributed by atoms with van der Waals surface area (Å²) in [6.07, 6.45) is -1.94. The smallest absolute Gasteiger partial charge is 0.416 e. The number of aliphatic carboxylic acids is 1. The normalized spacial score (nSPS) is 11.6. The van der Waals surface area contributed by atoms with Crippen molar-refractivity contribution in [3.63, 3.8) is 0 Å². The number of rotatable bonds is 5. The Morgan fingerprint density at radius 1 is 1.13 bits per heavy atom. The minimum atomic E-state index is -4.38. The number of para-hydroxylation sites is 1. The first-order valence-corrected chi connectivity index (χ1v) is 6.76. The minimum Gasteiger partial charge on any atom is -0.478 e. The molecule has 120 valence electrons. The second-order valence-electron chi connectivity index (χ2n) is 4.81. The third-order valence-corrected chi connectivity index (χ3v) is 3.10. The van der Waals surface area contributed by atoms with Gasteiger partial charge in [-0.15, -0.1) is 0 Å². The fourth-order valence-corrected chi connectivity index (χ4v) is 2.02. The van der Waals surface area contributed by atoms with E-state index >= 15 is 0 Å². The first-order valence-electron chi connectivity index (χ1n) is 6.76. The molecule has 0 aliphatic carbocycles. The van der Waals surface area contributed by atoms with Crippen molar-refractivity contribution < 1.29 is 23.1 Å². The van der Waals surface area contributed by atoms with Gasteiger partial charge in [0, 0.05) is 18.3 Å². The van der Waals surface area contributed by atoms with Crippen molar-refractivity contribution in [1.82, 2.24) is 0 Å². The average Bonchev–Trinajstić information content (AvgIpc) is 2.51. The Morgan fingerprint density at radius 2 is 1.87 bits per heavy atom. The van der Waals surface area contributed by atoms with Crippen molar-refractivity contribution >= 4 is 17.7 Å². The van der Waals surface area contributed by atoms with E-state index in [-0.39, 0.29) is 6.54 Å². The van der Waals surface area contributed by atoms with E-state index in [0.717, 1.165) is 18.2 Å². The van der Waals surface area contributed by atoms with E-state index in [1.54, 1.807) is 30.3 Å². The highest BCUT2D eigenvalue weighted by atomic mass is 19.4. The lowest BCUT2D eigenvalue weighted by atomic mass is 10.1. The highest BCUT2D eigenvalue weighted by Gasteiger charge is 2.30. The number of alkyl halides is 3. The number of anilines is 1. The Morgan fingerprint density at radius 3 is 2.57 bits per heavy atom. The lowest BCUT2D eigenvalue weighted by molar-refractivity contribution is -0.137. The van der Waals surface area contributed by atoms with Crippen molar-refractivity contribution in [2.24, 2.45) is 0 Å².